The van der Waals surface area contributed by atoms with Crippen molar-refractivity contribution in [3.05, 3.63) is 28.8 Å². The van der Waals surface area contributed by atoms with E-state index >= 15 is 0 Å². The van der Waals surface area contributed by atoms with Crippen molar-refractivity contribution in [2.24, 2.45) is 0 Å². The molecule has 4 rings (SSSR count). The van der Waals surface area contributed by atoms with E-state index in [-0.39, 0.29) is 28.6 Å². The van der Waals surface area contributed by atoms with Crippen LogP contribution in [0.2, 0.25) is 0 Å². The molecule has 4 aromatic rings. The molecule has 4 heterocycles. The average molecular weight is 382 g/mol. The lowest BCUT2D eigenvalue weighted by molar-refractivity contribution is 0.405. The molecule has 4 aromatic heterocycles. The standard InChI is InChI=1S/C17H22N10O/c1-8(26-6-20-11-13(26)24-16(19)25-15(11)28)5-9-22-12(18)10-14(23-9)27(7-21-10)17(2,3)4/h6-8H,5H2,1-4H3,(H2,18,22,23)(H3,19,24,25,28). The van der Waals surface area contributed by atoms with Gasteiger partial charge in [-0.1, -0.05) is 0 Å². The number of nitrogen functional groups attached to an aromatic ring is 2. The highest BCUT2D eigenvalue weighted by atomic mass is 16.1. The third kappa shape index (κ3) is 2.84. The van der Waals surface area contributed by atoms with Gasteiger partial charge in [-0.15, -0.1) is 0 Å². The summed E-state index contributed by atoms with van der Waals surface area (Å²) in [6.07, 6.45) is 3.76. The molecule has 0 aliphatic carbocycles. The normalized spacial score (nSPS) is 13.4. The number of H-pyrrole nitrogens is 1. The molecule has 0 saturated heterocycles. The molecule has 1 unspecified atom stereocenters. The minimum atomic E-state index is -0.371. The fourth-order valence-electron chi connectivity index (χ4n) is 3.18. The molecule has 146 valence electrons. The molecule has 0 bridgehead atoms. The number of fused-ring (bicyclic) bond motifs is 2. The molecule has 1 atom stereocenters. The van der Waals surface area contributed by atoms with Gasteiger partial charge >= 0.3 is 0 Å². The Morgan fingerprint density at radius 3 is 2.50 bits per heavy atom. The molecule has 0 aromatic carbocycles. The summed E-state index contributed by atoms with van der Waals surface area (Å²) in [6, 6.07) is -0.124. The van der Waals surface area contributed by atoms with Crippen molar-refractivity contribution in [1.29, 1.82) is 0 Å². The monoisotopic (exact) mass is 382 g/mol. The Bertz CT molecular complexity index is 1240. The van der Waals surface area contributed by atoms with Crippen molar-refractivity contribution in [2.75, 3.05) is 11.5 Å². The van der Waals surface area contributed by atoms with E-state index in [1.165, 1.54) is 0 Å². The average Bonchev–Trinajstić information content (AvgIpc) is 3.18. The lowest BCUT2D eigenvalue weighted by atomic mass is 10.1. The summed E-state index contributed by atoms with van der Waals surface area (Å²) in [6.45, 7) is 8.17. The van der Waals surface area contributed by atoms with Gasteiger partial charge in [-0.3, -0.25) is 9.78 Å². The van der Waals surface area contributed by atoms with Gasteiger partial charge < -0.3 is 20.6 Å². The highest BCUT2D eigenvalue weighted by molar-refractivity contribution is 5.81. The number of anilines is 2. The van der Waals surface area contributed by atoms with Crippen molar-refractivity contribution in [1.82, 2.24) is 39.0 Å². The minimum absolute atomic E-state index is 0.0439. The first kappa shape index (κ1) is 17.9. The lowest BCUT2D eigenvalue weighted by Gasteiger charge is -2.21. The van der Waals surface area contributed by atoms with Gasteiger partial charge in [0.2, 0.25) is 5.95 Å². The van der Waals surface area contributed by atoms with Gasteiger partial charge in [-0.25, -0.2) is 19.9 Å². The molecule has 0 aliphatic rings. The number of aromatic nitrogens is 8. The zero-order chi connectivity index (χ0) is 20.2. The first-order valence-corrected chi connectivity index (χ1v) is 8.87. The highest BCUT2D eigenvalue weighted by Gasteiger charge is 2.21. The van der Waals surface area contributed by atoms with E-state index in [9.17, 15) is 4.79 Å². The predicted octanol–water partition coefficient (Wildman–Crippen LogP) is 0.982. The zero-order valence-corrected chi connectivity index (χ0v) is 16.1. The maximum atomic E-state index is 12.0. The van der Waals surface area contributed by atoms with E-state index in [0.717, 1.165) is 0 Å². The maximum Gasteiger partial charge on any atom is 0.280 e. The van der Waals surface area contributed by atoms with Crippen LogP contribution in [0.5, 0.6) is 0 Å². The molecule has 0 aliphatic heterocycles. The SMILES string of the molecule is CC(Cc1nc(N)c2ncn(C(C)(C)C)c2n1)n1cnc2c(=O)[nH]c(N)nc21. The van der Waals surface area contributed by atoms with Crippen LogP contribution in [-0.2, 0) is 12.0 Å². The zero-order valence-electron chi connectivity index (χ0n) is 16.1. The molecule has 11 nitrogen and oxygen atoms in total. The molecule has 0 radical (unpaired) electrons. The van der Waals surface area contributed by atoms with Gasteiger partial charge in [0.1, 0.15) is 11.3 Å². The number of hydrogen-bond donors (Lipinski definition) is 3. The fourth-order valence-corrected chi connectivity index (χ4v) is 3.18. The Morgan fingerprint density at radius 2 is 1.79 bits per heavy atom. The number of imidazole rings is 2. The third-order valence-electron chi connectivity index (χ3n) is 4.60. The number of nitrogens with one attached hydrogen (secondary N) is 1. The second-order valence-corrected chi connectivity index (χ2v) is 7.81. The summed E-state index contributed by atoms with van der Waals surface area (Å²) < 4.78 is 3.76. The summed E-state index contributed by atoms with van der Waals surface area (Å²) in [5.74, 6) is 0.954. The molecular weight excluding hydrogens is 360 g/mol. The van der Waals surface area contributed by atoms with Crippen LogP contribution in [0.3, 0.4) is 0 Å². The molecular formula is C17H22N10O. The van der Waals surface area contributed by atoms with Gasteiger partial charge in [0.05, 0.1) is 12.7 Å². The topological polar surface area (TPSA) is 159 Å². The Morgan fingerprint density at radius 1 is 1.07 bits per heavy atom. The predicted molar refractivity (Wildman–Crippen MR) is 106 cm³/mol. The first-order chi connectivity index (χ1) is 13.1. The van der Waals surface area contributed by atoms with E-state index < -0.39 is 0 Å². The van der Waals surface area contributed by atoms with Gasteiger partial charge in [0.15, 0.2) is 22.6 Å². The summed E-state index contributed by atoms with van der Waals surface area (Å²) >= 11 is 0. The fraction of sp³-hybridized carbons (Fsp3) is 0.412. The molecule has 0 saturated carbocycles. The van der Waals surface area contributed by atoms with Crippen LogP contribution in [0, 0.1) is 0 Å². The van der Waals surface area contributed by atoms with Crippen LogP contribution in [-0.4, -0.2) is 39.0 Å². The second kappa shape index (κ2) is 6.01. The Hall–Kier alpha value is -3.50. The number of nitrogens with zero attached hydrogens (tertiary/aromatic N) is 7. The van der Waals surface area contributed by atoms with Gasteiger partial charge in [-0.05, 0) is 27.7 Å². The minimum Gasteiger partial charge on any atom is -0.382 e. The van der Waals surface area contributed by atoms with E-state index in [0.29, 0.717) is 34.9 Å². The van der Waals surface area contributed by atoms with Crippen molar-refractivity contribution in [3.8, 4) is 0 Å². The quantitative estimate of drug-likeness (QED) is 0.473. The van der Waals surface area contributed by atoms with Crippen LogP contribution >= 0.6 is 0 Å². The number of nitrogens with two attached hydrogens (primary N) is 2. The molecule has 5 N–H and O–H groups in total. The summed E-state index contributed by atoms with van der Waals surface area (Å²) in [7, 11) is 0. The maximum absolute atomic E-state index is 12.0. The Balaban J connectivity index is 1.75. The third-order valence-corrected chi connectivity index (χ3v) is 4.60. The summed E-state index contributed by atoms with van der Waals surface area (Å²) in [5.41, 5.74) is 13.2. The Labute approximate surface area is 159 Å². The van der Waals surface area contributed by atoms with Crippen molar-refractivity contribution < 1.29 is 0 Å². The number of aromatic amines is 1. The van der Waals surface area contributed by atoms with Crippen LogP contribution in [0.4, 0.5) is 11.8 Å². The highest BCUT2D eigenvalue weighted by Crippen LogP contribution is 2.24. The van der Waals surface area contributed by atoms with Crippen molar-refractivity contribution in [2.45, 2.75) is 45.7 Å². The van der Waals surface area contributed by atoms with Crippen LogP contribution in [0.15, 0.2) is 17.4 Å². The van der Waals surface area contributed by atoms with Crippen molar-refractivity contribution in [3.63, 3.8) is 0 Å². The van der Waals surface area contributed by atoms with Crippen LogP contribution in [0.1, 0.15) is 39.6 Å². The molecule has 11 heteroatoms. The van der Waals surface area contributed by atoms with E-state index in [4.69, 9.17) is 16.5 Å². The molecule has 0 spiro atoms. The van der Waals surface area contributed by atoms with E-state index in [2.05, 4.69) is 45.7 Å². The second-order valence-electron chi connectivity index (χ2n) is 7.81. The van der Waals surface area contributed by atoms with Crippen molar-refractivity contribution >= 4 is 34.1 Å². The van der Waals surface area contributed by atoms with E-state index in [1.54, 1.807) is 17.2 Å². The summed E-state index contributed by atoms with van der Waals surface area (Å²) in [5, 5.41) is 0. The van der Waals surface area contributed by atoms with Crippen LogP contribution < -0.4 is 17.0 Å². The largest absolute Gasteiger partial charge is 0.382 e. The molecule has 0 amide bonds. The molecule has 28 heavy (non-hydrogen) atoms. The lowest BCUT2D eigenvalue weighted by Crippen LogP contribution is -2.21. The van der Waals surface area contributed by atoms with Crippen LogP contribution in [0.25, 0.3) is 22.3 Å². The number of rotatable bonds is 3. The number of hydrogen-bond acceptors (Lipinski definition) is 8. The van der Waals surface area contributed by atoms with Gasteiger partial charge in [0.25, 0.3) is 5.56 Å². The van der Waals surface area contributed by atoms with Gasteiger partial charge in [0, 0.05) is 18.0 Å². The molecule has 0 fully saturated rings. The Kier molecular flexibility index (Phi) is 3.84. The summed E-state index contributed by atoms with van der Waals surface area (Å²) in [4.78, 5) is 36.2. The first-order valence-electron chi connectivity index (χ1n) is 8.87. The smallest absolute Gasteiger partial charge is 0.280 e. The van der Waals surface area contributed by atoms with E-state index in [1.807, 2.05) is 11.5 Å². The van der Waals surface area contributed by atoms with Gasteiger partial charge in [-0.2, -0.15) is 4.98 Å².